The molecule has 1 fully saturated rings. The highest BCUT2D eigenvalue weighted by Crippen LogP contribution is 2.35. The highest BCUT2D eigenvalue weighted by Gasteiger charge is 2.26. The van der Waals surface area contributed by atoms with Gasteiger partial charge in [0.1, 0.15) is 17.2 Å². The van der Waals surface area contributed by atoms with Crippen LogP contribution in [0.1, 0.15) is 5.56 Å². The van der Waals surface area contributed by atoms with Gasteiger partial charge in [0, 0.05) is 21.5 Å². The Bertz CT molecular complexity index is 1000. The molecule has 1 unspecified atom stereocenters. The van der Waals surface area contributed by atoms with Crippen molar-refractivity contribution in [2.75, 3.05) is 26.4 Å². The van der Waals surface area contributed by atoms with Crippen LogP contribution in [0.25, 0.3) is 0 Å². The number of hydrogen-bond acceptors (Lipinski definition) is 4. The minimum Gasteiger partial charge on any atom is -0.493 e. The smallest absolute Gasteiger partial charge is 0.141 e. The second-order valence-corrected chi connectivity index (χ2v) is 9.46. The Morgan fingerprint density at radius 1 is 0.727 bits per heavy atom. The third-order valence-electron chi connectivity index (χ3n) is 5.00. The van der Waals surface area contributed by atoms with Crippen molar-refractivity contribution in [3.05, 3.63) is 86.3 Å². The Balaban J connectivity index is 1.44. The highest BCUT2D eigenvalue weighted by molar-refractivity contribution is 6.35. The predicted molar refractivity (Wildman–Crippen MR) is 133 cm³/mol. The van der Waals surface area contributed by atoms with Gasteiger partial charge in [-0.1, -0.05) is 46.4 Å². The number of hydrogen-bond donors (Lipinski definition) is 0. The Morgan fingerprint density at radius 2 is 1.24 bits per heavy atom. The van der Waals surface area contributed by atoms with Crippen molar-refractivity contribution >= 4 is 46.4 Å². The first-order valence-electron chi connectivity index (χ1n) is 10.5. The van der Waals surface area contributed by atoms with Gasteiger partial charge in [-0.3, -0.25) is 0 Å². The van der Waals surface area contributed by atoms with E-state index in [-0.39, 0.29) is 12.0 Å². The lowest BCUT2D eigenvalue weighted by atomic mass is 10.1. The molecule has 1 atom stereocenters. The van der Waals surface area contributed by atoms with Gasteiger partial charge in [-0.25, -0.2) is 0 Å². The van der Waals surface area contributed by atoms with Crippen LogP contribution in [0.2, 0.25) is 20.1 Å². The molecule has 3 aromatic carbocycles. The lowest BCUT2D eigenvalue weighted by Crippen LogP contribution is -2.26. The van der Waals surface area contributed by atoms with Crippen molar-refractivity contribution in [2.24, 2.45) is 5.92 Å². The first-order valence-corrected chi connectivity index (χ1v) is 12.0. The zero-order chi connectivity index (χ0) is 23.2. The molecule has 0 amide bonds. The predicted octanol–water partition coefficient (Wildman–Crippen LogP) is 7.39. The van der Waals surface area contributed by atoms with Crippen LogP contribution in [-0.4, -0.2) is 32.5 Å². The van der Waals surface area contributed by atoms with Crippen molar-refractivity contribution < 1.29 is 18.9 Å². The summed E-state index contributed by atoms with van der Waals surface area (Å²) in [6.45, 7) is 1.82. The maximum Gasteiger partial charge on any atom is 0.141 e. The van der Waals surface area contributed by atoms with E-state index in [4.69, 9.17) is 65.4 Å². The molecule has 1 heterocycles. The van der Waals surface area contributed by atoms with Gasteiger partial charge in [-0.15, -0.1) is 0 Å². The molecule has 1 aliphatic heterocycles. The Labute approximate surface area is 213 Å². The molecule has 1 saturated heterocycles. The van der Waals surface area contributed by atoms with Crippen LogP contribution < -0.4 is 14.2 Å². The van der Waals surface area contributed by atoms with Crippen LogP contribution in [0, 0.1) is 5.92 Å². The van der Waals surface area contributed by atoms with Crippen LogP contribution in [0.15, 0.2) is 60.7 Å². The molecule has 0 radical (unpaired) electrons. The van der Waals surface area contributed by atoms with Gasteiger partial charge in [0.05, 0.1) is 43.5 Å². The number of halogens is 4. The average Bonchev–Trinajstić information content (AvgIpc) is 3.60. The summed E-state index contributed by atoms with van der Waals surface area (Å²) in [5.41, 5.74) is 0.922. The van der Waals surface area contributed by atoms with E-state index in [0.717, 1.165) is 12.2 Å². The summed E-state index contributed by atoms with van der Waals surface area (Å²) in [5, 5.41) is 2.33. The molecule has 174 valence electrons. The van der Waals surface area contributed by atoms with Gasteiger partial charge in [0.2, 0.25) is 0 Å². The number of ether oxygens (including phenoxy) is 4. The van der Waals surface area contributed by atoms with E-state index in [0.29, 0.717) is 63.6 Å². The van der Waals surface area contributed by atoms with Gasteiger partial charge in [-0.2, -0.15) is 0 Å². The summed E-state index contributed by atoms with van der Waals surface area (Å²) in [6.07, 6.45) is 0.877. The van der Waals surface area contributed by atoms with E-state index in [1.807, 2.05) is 30.3 Å². The fourth-order valence-electron chi connectivity index (χ4n) is 3.19. The maximum absolute atomic E-state index is 6.46. The van der Waals surface area contributed by atoms with E-state index >= 15 is 0 Å². The van der Waals surface area contributed by atoms with Crippen molar-refractivity contribution in [3.8, 4) is 17.2 Å². The van der Waals surface area contributed by atoms with Crippen molar-refractivity contribution in [2.45, 2.75) is 12.5 Å². The second kappa shape index (κ2) is 11.5. The summed E-state index contributed by atoms with van der Waals surface area (Å²) in [7, 11) is 0. The molecule has 4 rings (SSSR count). The minimum atomic E-state index is -0.0897. The molecule has 1 aliphatic rings. The third-order valence-corrected chi connectivity index (χ3v) is 6.00. The van der Waals surface area contributed by atoms with E-state index in [9.17, 15) is 0 Å². The summed E-state index contributed by atoms with van der Waals surface area (Å²) < 4.78 is 23.5. The molecule has 0 aliphatic carbocycles. The monoisotopic (exact) mass is 526 g/mol. The average molecular weight is 528 g/mol. The SMILES string of the molecule is Clc1ccc(OCC(COc2ccc(Cl)cc2)COc2c(Cl)cc(Cl)cc2CC2CO2)cc1. The number of rotatable bonds is 11. The summed E-state index contributed by atoms with van der Waals surface area (Å²) in [6, 6.07) is 18.0. The Morgan fingerprint density at radius 3 is 1.76 bits per heavy atom. The minimum absolute atomic E-state index is 0.0897. The Hall–Kier alpha value is -1.82. The van der Waals surface area contributed by atoms with Crippen LogP contribution in [-0.2, 0) is 11.2 Å². The first kappa shape index (κ1) is 24.3. The van der Waals surface area contributed by atoms with E-state index in [2.05, 4.69) is 0 Å². The Kier molecular flexibility index (Phi) is 8.50. The number of epoxide rings is 1. The van der Waals surface area contributed by atoms with E-state index < -0.39 is 0 Å². The summed E-state index contributed by atoms with van der Waals surface area (Å²) >= 11 is 24.6. The third kappa shape index (κ3) is 7.59. The van der Waals surface area contributed by atoms with Gasteiger partial charge in [0.25, 0.3) is 0 Å². The fraction of sp³-hybridized carbons (Fsp3) is 0.280. The summed E-state index contributed by atoms with van der Waals surface area (Å²) in [4.78, 5) is 0. The molecule has 33 heavy (non-hydrogen) atoms. The molecule has 0 bridgehead atoms. The normalized spacial score (nSPS) is 14.9. The van der Waals surface area contributed by atoms with Crippen LogP contribution in [0.3, 0.4) is 0 Å². The van der Waals surface area contributed by atoms with Gasteiger partial charge < -0.3 is 18.9 Å². The van der Waals surface area contributed by atoms with Crippen molar-refractivity contribution in [3.63, 3.8) is 0 Å². The highest BCUT2D eigenvalue weighted by atomic mass is 35.5. The molecule has 8 heteroatoms. The lowest BCUT2D eigenvalue weighted by molar-refractivity contribution is 0.125. The first-order chi connectivity index (χ1) is 16.0. The summed E-state index contributed by atoms with van der Waals surface area (Å²) in [5.74, 6) is 1.95. The topological polar surface area (TPSA) is 40.2 Å². The van der Waals surface area contributed by atoms with Gasteiger partial charge in [0.15, 0.2) is 0 Å². The van der Waals surface area contributed by atoms with Crippen LogP contribution in [0.4, 0.5) is 0 Å². The molecular formula is C25H22Cl4O4. The second-order valence-electron chi connectivity index (χ2n) is 7.74. The van der Waals surface area contributed by atoms with Crippen LogP contribution in [0.5, 0.6) is 17.2 Å². The number of benzene rings is 3. The van der Waals surface area contributed by atoms with Crippen LogP contribution >= 0.6 is 46.4 Å². The quantitative estimate of drug-likeness (QED) is 0.244. The molecule has 4 nitrogen and oxygen atoms in total. The molecular weight excluding hydrogens is 506 g/mol. The zero-order valence-corrected chi connectivity index (χ0v) is 20.6. The fourth-order valence-corrected chi connectivity index (χ4v) is 4.04. The van der Waals surface area contributed by atoms with E-state index in [1.54, 1.807) is 30.3 Å². The maximum atomic E-state index is 6.46. The van der Waals surface area contributed by atoms with Crippen molar-refractivity contribution in [1.29, 1.82) is 0 Å². The molecule has 0 aromatic heterocycles. The van der Waals surface area contributed by atoms with Crippen molar-refractivity contribution in [1.82, 2.24) is 0 Å². The molecule has 3 aromatic rings. The molecule has 0 spiro atoms. The molecule has 0 N–H and O–H groups in total. The van der Waals surface area contributed by atoms with Gasteiger partial charge in [-0.05, 0) is 66.2 Å². The van der Waals surface area contributed by atoms with Gasteiger partial charge >= 0.3 is 0 Å². The largest absolute Gasteiger partial charge is 0.493 e. The zero-order valence-electron chi connectivity index (χ0n) is 17.6. The molecule has 0 saturated carbocycles. The lowest BCUT2D eigenvalue weighted by Gasteiger charge is -2.21. The van der Waals surface area contributed by atoms with E-state index in [1.165, 1.54) is 0 Å². The standard InChI is InChI=1S/C25H22Cl4O4/c26-18-1-5-21(6-2-18)30-12-16(13-31-22-7-3-19(27)4-8-22)14-33-25-17(10-23-15-32-23)9-20(28)11-24(25)29/h1-9,11,16,23H,10,12-15H2.